The molecule has 1 aliphatic heterocycles. The Hall–Kier alpha value is -3.27. The molecule has 1 N–H and O–H groups in total. The van der Waals surface area contributed by atoms with E-state index in [1.807, 2.05) is 13.8 Å². The van der Waals surface area contributed by atoms with Crippen molar-refractivity contribution in [1.29, 1.82) is 0 Å². The highest BCUT2D eigenvalue weighted by atomic mass is 32.2. The van der Waals surface area contributed by atoms with Crippen molar-refractivity contribution in [1.82, 2.24) is 20.1 Å². The van der Waals surface area contributed by atoms with Crippen molar-refractivity contribution in [3.05, 3.63) is 77.1 Å². The molecule has 0 saturated heterocycles. The molecule has 168 valence electrons. The molecule has 2 aromatic carbocycles. The highest BCUT2D eigenvalue weighted by Gasteiger charge is 2.37. The number of nitrogens with one attached hydrogen (secondary N) is 1. The van der Waals surface area contributed by atoms with Crippen molar-refractivity contribution in [2.45, 2.75) is 32.4 Å². The summed E-state index contributed by atoms with van der Waals surface area (Å²) >= 11 is 0. The number of nitrogens with zero attached hydrogens (tertiary/aromatic N) is 4. The highest BCUT2D eigenvalue weighted by molar-refractivity contribution is 7.92. The molecule has 1 aromatic heterocycles. The van der Waals surface area contributed by atoms with Gasteiger partial charge < -0.3 is 5.32 Å². The molecule has 0 saturated carbocycles. The molecule has 2 heterocycles. The molecule has 0 radical (unpaired) electrons. The zero-order chi connectivity index (χ0) is 23.0. The van der Waals surface area contributed by atoms with E-state index in [4.69, 9.17) is 0 Å². The van der Waals surface area contributed by atoms with Gasteiger partial charge in [-0.05, 0) is 55.3 Å². The van der Waals surface area contributed by atoms with Gasteiger partial charge in [-0.15, -0.1) is 0 Å². The Kier molecular flexibility index (Phi) is 5.72. The topological polar surface area (TPSA) is 97.2 Å². The fraction of sp³-hybridized carbons (Fsp3) is 0.318. The number of halogens is 1. The number of rotatable bonds is 6. The van der Waals surface area contributed by atoms with Gasteiger partial charge in [0.05, 0.1) is 17.9 Å². The van der Waals surface area contributed by atoms with Crippen LogP contribution in [0.3, 0.4) is 0 Å². The van der Waals surface area contributed by atoms with Gasteiger partial charge in [-0.3, -0.25) is 13.8 Å². The first-order chi connectivity index (χ1) is 15.1. The Labute approximate surface area is 186 Å². The molecule has 3 aromatic rings. The quantitative estimate of drug-likeness (QED) is 0.614. The van der Waals surface area contributed by atoms with Gasteiger partial charge in [0.15, 0.2) is 5.82 Å². The minimum absolute atomic E-state index is 0.114. The van der Waals surface area contributed by atoms with Crippen LogP contribution in [0.1, 0.15) is 53.1 Å². The van der Waals surface area contributed by atoms with Crippen LogP contribution in [0, 0.1) is 5.82 Å². The number of anilines is 1. The molecule has 0 bridgehead atoms. The molecule has 32 heavy (non-hydrogen) atoms. The summed E-state index contributed by atoms with van der Waals surface area (Å²) in [7, 11) is -3.51. The van der Waals surface area contributed by atoms with Crippen molar-refractivity contribution in [3.63, 3.8) is 0 Å². The van der Waals surface area contributed by atoms with E-state index in [1.54, 1.807) is 41.3 Å². The number of aromatic nitrogens is 3. The van der Waals surface area contributed by atoms with Crippen molar-refractivity contribution >= 4 is 21.6 Å². The van der Waals surface area contributed by atoms with Gasteiger partial charge in [-0.1, -0.05) is 12.1 Å². The lowest BCUT2D eigenvalue weighted by Gasteiger charge is -2.16. The van der Waals surface area contributed by atoms with Crippen LogP contribution in [-0.2, 0) is 16.6 Å². The van der Waals surface area contributed by atoms with Gasteiger partial charge >= 0.3 is 0 Å². The minimum Gasteiger partial charge on any atom is -0.348 e. The van der Waals surface area contributed by atoms with Crippen LogP contribution < -0.4 is 9.62 Å². The summed E-state index contributed by atoms with van der Waals surface area (Å²) in [5.74, 6) is -0.597. The predicted molar refractivity (Wildman–Crippen MR) is 118 cm³/mol. The largest absolute Gasteiger partial charge is 0.348 e. The summed E-state index contributed by atoms with van der Waals surface area (Å²) < 4.78 is 41.1. The third-order valence-corrected chi connectivity index (χ3v) is 6.54. The Balaban J connectivity index is 1.64. The monoisotopic (exact) mass is 457 g/mol. The first kappa shape index (κ1) is 21.9. The summed E-state index contributed by atoms with van der Waals surface area (Å²) in [6.07, 6.45) is 2.78. The van der Waals surface area contributed by atoms with Gasteiger partial charge in [-0.25, -0.2) is 17.8 Å². The molecule has 1 aliphatic rings. The second-order valence-electron chi connectivity index (χ2n) is 8.11. The molecule has 4 rings (SSSR count). The number of carbonyl (C=O) groups is 1. The van der Waals surface area contributed by atoms with E-state index in [0.29, 0.717) is 28.2 Å². The summed E-state index contributed by atoms with van der Waals surface area (Å²) in [5, 5.41) is 7.29. The SMILES string of the molecule is CC(C)n1cnc([C@@H]2CN(S(C)(=O)=O)c3ccc(C(=O)NCc4cccc(F)c4)cc32)n1. The van der Waals surface area contributed by atoms with Crippen LogP contribution in [-0.4, -0.2) is 41.9 Å². The van der Waals surface area contributed by atoms with Crippen LogP contribution in [0.5, 0.6) is 0 Å². The Morgan fingerprint density at radius 1 is 1.25 bits per heavy atom. The minimum atomic E-state index is -3.51. The summed E-state index contributed by atoms with van der Waals surface area (Å²) in [4.78, 5) is 17.1. The third kappa shape index (κ3) is 4.36. The van der Waals surface area contributed by atoms with E-state index in [9.17, 15) is 17.6 Å². The van der Waals surface area contributed by atoms with Gasteiger partial charge in [-0.2, -0.15) is 5.10 Å². The molecule has 0 fully saturated rings. The Morgan fingerprint density at radius 2 is 2.03 bits per heavy atom. The lowest BCUT2D eigenvalue weighted by Crippen LogP contribution is -2.29. The average molecular weight is 458 g/mol. The molecule has 0 spiro atoms. The number of hydrogen-bond donors (Lipinski definition) is 1. The van der Waals surface area contributed by atoms with Crippen LogP contribution in [0.15, 0.2) is 48.8 Å². The van der Waals surface area contributed by atoms with Crippen molar-refractivity contribution in [3.8, 4) is 0 Å². The van der Waals surface area contributed by atoms with Crippen molar-refractivity contribution < 1.29 is 17.6 Å². The number of sulfonamides is 1. The lowest BCUT2D eigenvalue weighted by molar-refractivity contribution is 0.0950. The highest BCUT2D eigenvalue weighted by Crippen LogP contribution is 2.41. The maximum Gasteiger partial charge on any atom is 0.251 e. The molecule has 8 nitrogen and oxygen atoms in total. The summed E-state index contributed by atoms with van der Waals surface area (Å²) in [6.45, 7) is 4.30. The Morgan fingerprint density at radius 3 is 2.69 bits per heavy atom. The van der Waals surface area contributed by atoms with E-state index in [1.165, 1.54) is 16.4 Å². The molecule has 0 aliphatic carbocycles. The zero-order valence-corrected chi connectivity index (χ0v) is 18.8. The number of amides is 1. The molecule has 1 amide bonds. The maximum atomic E-state index is 13.4. The van der Waals surface area contributed by atoms with Gasteiger partial charge in [0, 0.05) is 24.7 Å². The van der Waals surface area contributed by atoms with Gasteiger partial charge in [0.25, 0.3) is 5.91 Å². The first-order valence-electron chi connectivity index (χ1n) is 10.2. The van der Waals surface area contributed by atoms with Gasteiger partial charge in [0.1, 0.15) is 12.1 Å². The smallest absolute Gasteiger partial charge is 0.251 e. The maximum absolute atomic E-state index is 13.4. The molecule has 1 atom stereocenters. The lowest BCUT2D eigenvalue weighted by atomic mass is 9.98. The third-order valence-electron chi connectivity index (χ3n) is 5.39. The molecule has 0 unspecified atom stereocenters. The Bertz CT molecular complexity index is 1270. The van der Waals surface area contributed by atoms with Crippen molar-refractivity contribution in [2.75, 3.05) is 17.1 Å². The average Bonchev–Trinajstić information content (AvgIpc) is 3.36. The van der Waals surface area contributed by atoms with E-state index < -0.39 is 15.9 Å². The predicted octanol–water partition coefficient (Wildman–Crippen LogP) is 2.84. The second-order valence-corrected chi connectivity index (χ2v) is 10.0. The fourth-order valence-corrected chi connectivity index (χ4v) is 4.67. The number of benzene rings is 2. The van der Waals surface area contributed by atoms with Crippen LogP contribution in [0.4, 0.5) is 10.1 Å². The standard InChI is InChI=1S/C22H24FN5O3S/c1-14(2)27-13-25-21(26-27)19-12-28(32(3,30)31)20-8-7-16(10-18(19)20)22(29)24-11-15-5-4-6-17(23)9-15/h4-10,13-14,19H,11-12H2,1-3H3,(H,24,29)/t19-/m1/s1. The van der Waals surface area contributed by atoms with E-state index >= 15 is 0 Å². The van der Waals surface area contributed by atoms with E-state index in [2.05, 4.69) is 15.4 Å². The van der Waals surface area contributed by atoms with E-state index in [-0.39, 0.29) is 30.9 Å². The zero-order valence-electron chi connectivity index (χ0n) is 18.0. The molecular weight excluding hydrogens is 433 g/mol. The molecular formula is C22H24FN5O3S. The summed E-state index contributed by atoms with van der Waals surface area (Å²) in [5.41, 5.74) is 2.21. The number of carbonyl (C=O) groups excluding carboxylic acids is 1. The first-order valence-corrected chi connectivity index (χ1v) is 12.0. The number of fused-ring (bicyclic) bond motifs is 1. The van der Waals surface area contributed by atoms with Crippen molar-refractivity contribution in [2.24, 2.45) is 0 Å². The molecule has 10 heteroatoms. The normalized spacial score (nSPS) is 15.8. The summed E-state index contributed by atoms with van der Waals surface area (Å²) in [6, 6.07) is 11.0. The fourth-order valence-electron chi connectivity index (χ4n) is 3.73. The van der Waals surface area contributed by atoms with Gasteiger partial charge in [0.2, 0.25) is 10.0 Å². The van der Waals surface area contributed by atoms with Crippen LogP contribution in [0.25, 0.3) is 0 Å². The van der Waals surface area contributed by atoms with Crippen LogP contribution in [0.2, 0.25) is 0 Å². The van der Waals surface area contributed by atoms with Crippen LogP contribution >= 0.6 is 0 Å². The second kappa shape index (κ2) is 8.34. The number of hydrogen-bond acceptors (Lipinski definition) is 5. The van der Waals surface area contributed by atoms with E-state index in [0.717, 1.165) is 6.26 Å².